The molecule has 1 aromatic heterocycles. The molecule has 0 aliphatic heterocycles. The third kappa shape index (κ3) is 4.02. The minimum Gasteiger partial charge on any atom is -0.508 e. The van der Waals surface area contributed by atoms with Crippen LogP contribution in [0.15, 0.2) is 54.7 Å². The van der Waals surface area contributed by atoms with Gasteiger partial charge in [-0.25, -0.2) is 0 Å². The number of nitrogens with one attached hydrogen (secondary N) is 1. The van der Waals surface area contributed by atoms with Gasteiger partial charge in [-0.2, -0.15) is 0 Å². The third-order valence-electron chi connectivity index (χ3n) is 4.40. The second-order valence-electron chi connectivity index (χ2n) is 6.62. The molecule has 3 aromatic rings. The van der Waals surface area contributed by atoms with Gasteiger partial charge in [0.15, 0.2) is 0 Å². The topological polar surface area (TPSA) is 54.3 Å². The van der Waals surface area contributed by atoms with Gasteiger partial charge in [-0.15, -0.1) is 0 Å². The van der Waals surface area contributed by atoms with Crippen LogP contribution < -0.4 is 5.32 Å². The molecule has 0 spiro atoms. The largest absolute Gasteiger partial charge is 0.508 e. The van der Waals surface area contributed by atoms with E-state index in [1.54, 1.807) is 12.1 Å². The first-order valence-electron chi connectivity index (χ1n) is 8.67. The Morgan fingerprint density at radius 2 is 1.84 bits per heavy atom. The van der Waals surface area contributed by atoms with E-state index in [9.17, 15) is 9.90 Å². The number of fused-ring (bicyclic) bond motifs is 1. The molecule has 4 heteroatoms. The lowest BCUT2D eigenvalue weighted by Crippen LogP contribution is -2.27. The normalized spacial score (nSPS) is 11.2. The Kier molecular flexibility index (Phi) is 5.08. The van der Waals surface area contributed by atoms with Gasteiger partial charge in [0.05, 0.1) is 6.42 Å². The molecule has 2 aromatic carbocycles. The van der Waals surface area contributed by atoms with Crippen LogP contribution in [-0.2, 0) is 17.6 Å². The number of para-hydroxylation sites is 1. The van der Waals surface area contributed by atoms with Crippen LogP contribution in [0.3, 0.4) is 0 Å². The molecule has 25 heavy (non-hydrogen) atoms. The Labute approximate surface area is 148 Å². The number of nitrogens with zero attached hydrogens (tertiary/aromatic N) is 1. The minimum atomic E-state index is 0.0328. The first-order valence-corrected chi connectivity index (χ1v) is 8.67. The van der Waals surface area contributed by atoms with Gasteiger partial charge < -0.3 is 15.0 Å². The zero-order chi connectivity index (χ0) is 17.8. The smallest absolute Gasteiger partial charge is 0.224 e. The van der Waals surface area contributed by atoms with E-state index in [0.29, 0.717) is 19.0 Å². The van der Waals surface area contributed by atoms with Crippen LogP contribution in [0.5, 0.6) is 5.75 Å². The first-order chi connectivity index (χ1) is 12.0. The van der Waals surface area contributed by atoms with Crippen LogP contribution in [0.25, 0.3) is 10.9 Å². The van der Waals surface area contributed by atoms with Gasteiger partial charge in [0.2, 0.25) is 5.91 Å². The average Bonchev–Trinajstić information content (AvgIpc) is 2.96. The van der Waals surface area contributed by atoms with E-state index in [4.69, 9.17) is 0 Å². The fraction of sp³-hybridized carbons (Fsp3) is 0.286. The second-order valence-corrected chi connectivity index (χ2v) is 6.62. The van der Waals surface area contributed by atoms with E-state index in [-0.39, 0.29) is 11.7 Å². The maximum Gasteiger partial charge on any atom is 0.224 e. The predicted molar refractivity (Wildman–Crippen MR) is 101 cm³/mol. The fourth-order valence-corrected chi connectivity index (χ4v) is 3.09. The monoisotopic (exact) mass is 336 g/mol. The van der Waals surface area contributed by atoms with Crippen LogP contribution in [0, 0.1) is 0 Å². The summed E-state index contributed by atoms with van der Waals surface area (Å²) in [6.07, 6.45) is 3.23. The zero-order valence-electron chi connectivity index (χ0n) is 14.7. The number of aromatic hydroxyl groups is 1. The molecule has 0 fully saturated rings. The van der Waals surface area contributed by atoms with Crippen molar-refractivity contribution in [2.75, 3.05) is 6.54 Å². The molecular weight excluding hydrogens is 312 g/mol. The molecule has 0 aliphatic carbocycles. The summed E-state index contributed by atoms with van der Waals surface area (Å²) >= 11 is 0. The van der Waals surface area contributed by atoms with Crippen LogP contribution in [0.4, 0.5) is 0 Å². The number of hydrogen-bond acceptors (Lipinski definition) is 2. The summed E-state index contributed by atoms with van der Waals surface area (Å²) in [5.41, 5.74) is 3.32. The van der Waals surface area contributed by atoms with Crippen molar-refractivity contribution in [3.8, 4) is 5.75 Å². The van der Waals surface area contributed by atoms with E-state index in [1.807, 2.05) is 24.3 Å². The van der Waals surface area contributed by atoms with Crippen LogP contribution in [0.1, 0.15) is 31.0 Å². The molecule has 1 heterocycles. The highest BCUT2D eigenvalue weighted by atomic mass is 16.3. The van der Waals surface area contributed by atoms with Gasteiger partial charge in [-0.3, -0.25) is 4.79 Å². The van der Waals surface area contributed by atoms with Gasteiger partial charge in [0, 0.05) is 29.7 Å². The molecule has 0 radical (unpaired) electrons. The number of carbonyl (C=O) groups is 1. The molecule has 4 nitrogen and oxygen atoms in total. The quantitative estimate of drug-likeness (QED) is 0.719. The number of rotatable bonds is 6. The number of hydrogen-bond donors (Lipinski definition) is 2. The van der Waals surface area contributed by atoms with Crippen LogP contribution in [0.2, 0.25) is 0 Å². The molecular formula is C21H24N2O2. The Bertz CT molecular complexity index is 863. The Hall–Kier alpha value is -2.75. The van der Waals surface area contributed by atoms with E-state index < -0.39 is 0 Å². The summed E-state index contributed by atoms with van der Waals surface area (Å²) in [7, 11) is 0. The van der Waals surface area contributed by atoms with Gasteiger partial charge >= 0.3 is 0 Å². The Balaban J connectivity index is 1.63. The van der Waals surface area contributed by atoms with Crippen LogP contribution in [-0.4, -0.2) is 22.1 Å². The molecule has 3 rings (SSSR count). The number of benzene rings is 2. The van der Waals surface area contributed by atoms with E-state index >= 15 is 0 Å². The standard InChI is InChI=1S/C21H24N2O2/c1-15(2)23-14-17(19-5-3-4-6-20(19)23)13-21(25)22-12-11-16-7-9-18(24)10-8-16/h3-10,14-15,24H,11-13H2,1-2H3,(H,22,25). The number of amides is 1. The second kappa shape index (κ2) is 7.43. The summed E-state index contributed by atoms with van der Waals surface area (Å²) in [5.74, 6) is 0.291. The minimum absolute atomic E-state index is 0.0328. The van der Waals surface area contributed by atoms with Crippen molar-refractivity contribution in [3.63, 3.8) is 0 Å². The van der Waals surface area contributed by atoms with Crippen molar-refractivity contribution in [1.29, 1.82) is 0 Å². The molecule has 0 aliphatic rings. The van der Waals surface area contributed by atoms with E-state index in [2.05, 4.69) is 42.1 Å². The van der Waals surface area contributed by atoms with Gasteiger partial charge in [-0.05, 0) is 49.6 Å². The molecule has 0 saturated heterocycles. The van der Waals surface area contributed by atoms with Crippen molar-refractivity contribution in [3.05, 3.63) is 65.9 Å². The average molecular weight is 336 g/mol. The van der Waals surface area contributed by atoms with Gasteiger partial charge in [-0.1, -0.05) is 30.3 Å². The highest BCUT2D eigenvalue weighted by molar-refractivity contribution is 5.89. The van der Waals surface area contributed by atoms with E-state index in [0.717, 1.165) is 22.9 Å². The Morgan fingerprint density at radius 3 is 2.56 bits per heavy atom. The van der Waals surface area contributed by atoms with Gasteiger partial charge in [0.25, 0.3) is 0 Å². The Morgan fingerprint density at radius 1 is 1.12 bits per heavy atom. The van der Waals surface area contributed by atoms with Crippen molar-refractivity contribution in [1.82, 2.24) is 9.88 Å². The maximum absolute atomic E-state index is 12.3. The number of phenolic OH excluding ortho intramolecular Hbond substituents is 1. The predicted octanol–water partition coefficient (Wildman–Crippen LogP) is 3.83. The van der Waals surface area contributed by atoms with Crippen molar-refractivity contribution in [2.45, 2.75) is 32.7 Å². The summed E-state index contributed by atoms with van der Waals surface area (Å²) in [5, 5.41) is 13.4. The SMILES string of the molecule is CC(C)n1cc(CC(=O)NCCc2ccc(O)cc2)c2ccccc21. The van der Waals surface area contributed by atoms with Crippen molar-refractivity contribution >= 4 is 16.8 Å². The summed E-state index contributed by atoms with van der Waals surface area (Å²) in [4.78, 5) is 12.3. The lowest BCUT2D eigenvalue weighted by Gasteiger charge is -2.08. The maximum atomic E-state index is 12.3. The molecule has 0 unspecified atom stereocenters. The van der Waals surface area contributed by atoms with E-state index in [1.165, 1.54) is 5.52 Å². The molecule has 1 amide bonds. The lowest BCUT2D eigenvalue weighted by molar-refractivity contribution is -0.120. The van der Waals surface area contributed by atoms with Crippen molar-refractivity contribution < 1.29 is 9.90 Å². The highest BCUT2D eigenvalue weighted by Crippen LogP contribution is 2.24. The van der Waals surface area contributed by atoms with Crippen LogP contribution >= 0.6 is 0 Å². The van der Waals surface area contributed by atoms with Crippen molar-refractivity contribution in [2.24, 2.45) is 0 Å². The summed E-state index contributed by atoms with van der Waals surface area (Å²) < 4.78 is 2.22. The number of carbonyl (C=O) groups excluding carboxylic acids is 1. The zero-order valence-corrected chi connectivity index (χ0v) is 14.7. The summed E-state index contributed by atoms with van der Waals surface area (Å²) in [6, 6.07) is 15.7. The lowest BCUT2D eigenvalue weighted by atomic mass is 10.1. The molecule has 0 saturated carbocycles. The molecule has 130 valence electrons. The summed E-state index contributed by atoms with van der Waals surface area (Å²) in [6.45, 7) is 4.88. The molecule has 0 bridgehead atoms. The van der Waals surface area contributed by atoms with Gasteiger partial charge in [0.1, 0.15) is 5.75 Å². The third-order valence-corrected chi connectivity index (χ3v) is 4.40. The first kappa shape index (κ1) is 17.1. The number of aromatic nitrogens is 1. The molecule has 0 atom stereocenters. The number of phenols is 1. The highest BCUT2D eigenvalue weighted by Gasteiger charge is 2.12. The fourth-order valence-electron chi connectivity index (χ4n) is 3.09. The molecule has 2 N–H and O–H groups in total.